The van der Waals surface area contributed by atoms with Crippen LogP contribution in [0.3, 0.4) is 0 Å². The zero-order valence-corrected chi connectivity index (χ0v) is 31.9. The number of aryl methyl sites for hydroxylation is 1. The standard InChI is InChI=1S/C47H43BN2SSi/c1-3-52(4-2)44-29-17-28-43-47(44)48(38-31-30-35(32-45(38)52)51-34-20-10-6-11-21-34)46-41(49(43)33-18-8-5-9-19-33)26-16-27-42(46)50-39-24-13-7-12-22-36(39)37-23-14-15-25-40(37)50/h5-6,8-11,14-21,23,25-32H,3-4,7,12-13,22,24H2,1-2H3. The summed E-state index contributed by atoms with van der Waals surface area (Å²) in [6.07, 6.45) is 6.11. The lowest BCUT2D eigenvalue weighted by molar-refractivity contribution is 0.704. The van der Waals surface area contributed by atoms with Crippen molar-refractivity contribution in [2.24, 2.45) is 0 Å². The monoisotopic (exact) mass is 706 g/mol. The fraction of sp³-hybridized carbons (Fsp3) is 0.191. The average molecular weight is 707 g/mol. The highest BCUT2D eigenvalue weighted by atomic mass is 32.2. The van der Waals surface area contributed by atoms with Gasteiger partial charge in [-0.3, -0.25) is 0 Å². The Morgan fingerprint density at radius 3 is 2.10 bits per heavy atom. The molecule has 0 bridgehead atoms. The Bertz CT molecular complexity index is 2460. The molecule has 1 aliphatic carbocycles. The van der Waals surface area contributed by atoms with Gasteiger partial charge < -0.3 is 9.47 Å². The van der Waals surface area contributed by atoms with Gasteiger partial charge in [0, 0.05) is 43.6 Å². The molecular weight excluding hydrogens is 663 g/mol. The van der Waals surface area contributed by atoms with Crippen LogP contribution in [0.5, 0.6) is 0 Å². The lowest BCUT2D eigenvalue weighted by Gasteiger charge is -2.47. The summed E-state index contributed by atoms with van der Waals surface area (Å²) >= 11 is 1.90. The molecule has 52 heavy (non-hydrogen) atoms. The van der Waals surface area contributed by atoms with E-state index in [1.165, 1.54) is 91.4 Å². The Morgan fingerprint density at radius 2 is 1.29 bits per heavy atom. The predicted octanol–water partition coefficient (Wildman–Crippen LogP) is 9.27. The van der Waals surface area contributed by atoms with Crippen molar-refractivity contribution in [2.75, 3.05) is 4.90 Å². The molecular formula is C47H43BN2SSi. The minimum atomic E-state index is -2.13. The molecule has 2 nitrogen and oxygen atoms in total. The molecule has 0 radical (unpaired) electrons. The van der Waals surface area contributed by atoms with Crippen molar-refractivity contribution in [3.63, 3.8) is 0 Å². The lowest BCUT2D eigenvalue weighted by Crippen LogP contribution is -2.79. The van der Waals surface area contributed by atoms with Gasteiger partial charge in [-0.2, -0.15) is 0 Å². The number of rotatable bonds is 6. The number of aromatic nitrogens is 1. The first-order valence-electron chi connectivity index (χ1n) is 19.3. The van der Waals surface area contributed by atoms with E-state index in [0.717, 1.165) is 12.8 Å². The Labute approximate surface area is 313 Å². The highest BCUT2D eigenvalue weighted by Crippen LogP contribution is 2.41. The van der Waals surface area contributed by atoms with Gasteiger partial charge in [-0.15, -0.1) is 0 Å². The summed E-state index contributed by atoms with van der Waals surface area (Å²) in [4.78, 5) is 5.23. The molecule has 10 rings (SSSR count). The van der Waals surface area contributed by atoms with Gasteiger partial charge in [0.05, 0.1) is 5.52 Å². The fourth-order valence-corrected chi connectivity index (χ4v) is 15.8. The summed E-state index contributed by atoms with van der Waals surface area (Å²) < 4.78 is 2.70. The summed E-state index contributed by atoms with van der Waals surface area (Å²) in [5.41, 5.74) is 14.2. The van der Waals surface area contributed by atoms with E-state index in [0.29, 0.717) is 0 Å². The van der Waals surface area contributed by atoms with Gasteiger partial charge in [0.2, 0.25) is 6.71 Å². The second kappa shape index (κ2) is 12.8. The first-order valence-corrected chi connectivity index (χ1v) is 22.5. The van der Waals surface area contributed by atoms with Gasteiger partial charge in [-0.1, -0.05) is 139 Å². The Hall–Kier alpha value is -4.71. The molecule has 0 saturated carbocycles. The minimum Gasteiger partial charge on any atom is -0.314 e. The molecule has 0 spiro atoms. The van der Waals surface area contributed by atoms with Crippen LogP contribution in [0, 0.1) is 0 Å². The molecule has 0 atom stereocenters. The second-order valence-electron chi connectivity index (χ2n) is 14.8. The van der Waals surface area contributed by atoms with E-state index >= 15 is 0 Å². The zero-order chi connectivity index (χ0) is 34.8. The van der Waals surface area contributed by atoms with Gasteiger partial charge >= 0.3 is 0 Å². The smallest absolute Gasteiger partial charge is 0.249 e. The molecule has 254 valence electrons. The van der Waals surface area contributed by atoms with Crippen LogP contribution >= 0.6 is 11.8 Å². The highest BCUT2D eigenvalue weighted by molar-refractivity contribution is 7.99. The van der Waals surface area contributed by atoms with E-state index in [9.17, 15) is 0 Å². The number of fused-ring (bicyclic) bond motifs is 7. The van der Waals surface area contributed by atoms with Crippen molar-refractivity contribution in [3.8, 4) is 5.69 Å². The molecule has 5 heteroatoms. The normalized spacial score (nSPS) is 15.4. The fourth-order valence-electron chi connectivity index (χ4n) is 10.1. The van der Waals surface area contributed by atoms with E-state index in [1.807, 2.05) is 11.8 Å². The van der Waals surface area contributed by atoms with Crippen LogP contribution in [0.2, 0.25) is 12.1 Å². The van der Waals surface area contributed by atoms with E-state index < -0.39 is 8.07 Å². The maximum atomic E-state index is 2.70. The third-order valence-electron chi connectivity index (χ3n) is 12.4. The quantitative estimate of drug-likeness (QED) is 0.126. The maximum Gasteiger partial charge on any atom is 0.249 e. The Balaban J connectivity index is 1.30. The summed E-state index contributed by atoms with van der Waals surface area (Å²) in [7, 11) is -2.13. The molecule has 0 saturated heterocycles. The maximum absolute atomic E-state index is 2.70. The van der Waals surface area contributed by atoms with Crippen LogP contribution in [-0.4, -0.2) is 19.4 Å². The molecule has 6 aromatic carbocycles. The topological polar surface area (TPSA) is 8.17 Å². The van der Waals surface area contributed by atoms with Crippen molar-refractivity contribution in [1.29, 1.82) is 0 Å². The molecule has 3 heterocycles. The summed E-state index contributed by atoms with van der Waals surface area (Å²) in [5, 5.41) is 4.70. The van der Waals surface area contributed by atoms with Crippen LogP contribution in [0.25, 0.3) is 16.6 Å². The number of hydrogen-bond donors (Lipinski definition) is 0. The average Bonchev–Trinajstić information content (AvgIpc) is 3.31. The highest BCUT2D eigenvalue weighted by Gasteiger charge is 2.50. The number of anilines is 3. The third kappa shape index (κ3) is 4.71. The van der Waals surface area contributed by atoms with Gasteiger partial charge in [0.15, 0.2) is 0 Å². The Morgan fingerprint density at radius 1 is 0.596 bits per heavy atom. The zero-order valence-electron chi connectivity index (χ0n) is 30.1. The van der Waals surface area contributed by atoms with Gasteiger partial charge in [0.25, 0.3) is 0 Å². The Kier molecular flexibility index (Phi) is 7.84. The molecule has 2 aliphatic heterocycles. The van der Waals surface area contributed by atoms with Crippen LogP contribution < -0.4 is 31.7 Å². The van der Waals surface area contributed by atoms with Crippen LogP contribution in [0.15, 0.2) is 149 Å². The van der Waals surface area contributed by atoms with Crippen molar-refractivity contribution >= 4 is 81.3 Å². The molecule has 0 amide bonds. The third-order valence-corrected chi connectivity index (χ3v) is 18.8. The van der Waals surface area contributed by atoms with E-state index in [4.69, 9.17) is 0 Å². The molecule has 7 aromatic rings. The summed E-state index contributed by atoms with van der Waals surface area (Å²) in [6, 6.07) is 55.6. The molecule has 0 unspecified atom stereocenters. The number of benzene rings is 6. The van der Waals surface area contributed by atoms with Crippen LogP contribution in [0.1, 0.15) is 44.4 Å². The lowest BCUT2D eigenvalue weighted by atomic mass is 9.34. The largest absolute Gasteiger partial charge is 0.314 e. The summed E-state index contributed by atoms with van der Waals surface area (Å²) in [6.45, 7) is 5.08. The molecule has 0 N–H and O–H groups in total. The first-order chi connectivity index (χ1) is 25.7. The van der Waals surface area contributed by atoms with Gasteiger partial charge in [-0.05, 0) is 103 Å². The predicted molar refractivity (Wildman–Crippen MR) is 227 cm³/mol. The van der Waals surface area contributed by atoms with Crippen molar-refractivity contribution in [1.82, 2.24) is 4.57 Å². The van der Waals surface area contributed by atoms with Crippen molar-refractivity contribution in [3.05, 3.63) is 151 Å². The van der Waals surface area contributed by atoms with Crippen molar-refractivity contribution in [2.45, 2.75) is 67.8 Å². The molecule has 1 aromatic heterocycles. The summed E-state index contributed by atoms with van der Waals surface area (Å²) in [5.74, 6) is 0. The first kappa shape index (κ1) is 32.0. The number of hydrogen-bond acceptors (Lipinski definition) is 2. The van der Waals surface area contributed by atoms with Crippen LogP contribution in [0.4, 0.5) is 17.1 Å². The van der Waals surface area contributed by atoms with Gasteiger partial charge in [0.1, 0.15) is 8.07 Å². The van der Waals surface area contributed by atoms with Gasteiger partial charge in [-0.25, -0.2) is 0 Å². The van der Waals surface area contributed by atoms with Crippen LogP contribution in [-0.2, 0) is 12.8 Å². The number of para-hydroxylation sites is 2. The minimum absolute atomic E-state index is 0.143. The molecule has 0 fully saturated rings. The second-order valence-corrected chi connectivity index (χ2v) is 20.6. The van der Waals surface area contributed by atoms with E-state index in [-0.39, 0.29) is 6.71 Å². The van der Waals surface area contributed by atoms with E-state index in [2.05, 4.69) is 163 Å². The van der Waals surface area contributed by atoms with E-state index in [1.54, 1.807) is 21.4 Å². The van der Waals surface area contributed by atoms with Crippen molar-refractivity contribution < 1.29 is 0 Å². The number of nitrogens with zero attached hydrogens (tertiary/aromatic N) is 2. The SMILES string of the molecule is CC[Si]1(CC)c2cc(Sc3ccccc3)ccc2B2c3c(cccc3-n3c4c(c5ccccc53)CCCCC4)N(c3ccccc3)c3cccc1c32. The molecule has 3 aliphatic rings.